The number of rotatable bonds is 3. The predicted octanol–water partition coefficient (Wildman–Crippen LogP) is 4.24. The molecule has 0 radical (unpaired) electrons. The Bertz CT molecular complexity index is 871. The van der Waals surface area contributed by atoms with E-state index in [0.717, 1.165) is 37.9 Å². The van der Waals surface area contributed by atoms with Crippen molar-refractivity contribution in [3.8, 4) is 0 Å². The monoisotopic (exact) mass is 360 g/mol. The fraction of sp³-hybridized carbons (Fsp3) is 0.304. The lowest BCUT2D eigenvalue weighted by Crippen LogP contribution is -2.40. The molecule has 0 aromatic heterocycles. The normalized spacial score (nSPS) is 20.6. The van der Waals surface area contributed by atoms with Crippen molar-refractivity contribution < 1.29 is 9.59 Å². The molecule has 1 fully saturated rings. The molecule has 2 aromatic carbocycles. The van der Waals surface area contributed by atoms with Gasteiger partial charge in [-0.05, 0) is 44.0 Å². The van der Waals surface area contributed by atoms with E-state index in [9.17, 15) is 9.59 Å². The Morgan fingerprint density at radius 2 is 1.59 bits per heavy atom. The Morgan fingerprint density at radius 1 is 0.852 bits per heavy atom. The van der Waals surface area contributed by atoms with E-state index in [1.165, 1.54) is 10.5 Å². The Labute approximate surface area is 160 Å². The SMILES string of the molecule is Cc1ccc(N2CCCCCC2C2=CC(=O)N(c3ccccc3)C2=O)cc1. The van der Waals surface area contributed by atoms with Gasteiger partial charge in [0.25, 0.3) is 11.8 Å². The molecule has 138 valence electrons. The number of para-hydroxylation sites is 1. The van der Waals surface area contributed by atoms with Gasteiger partial charge in [0, 0.05) is 23.9 Å². The quantitative estimate of drug-likeness (QED) is 0.769. The number of imide groups is 1. The topological polar surface area (TPSA) is 40.6 Å². The number of benzene rings is 2. The average molecular weight is 360 g/mol. The minimum atomic E-state index is -0.241. The van der Waals surface area contributed by atoms with Crippen LogP contribution in [0.4, 0.5) is 11.4 Å². The Balaban J connectivity index is 1.67. The number of carbonyl (C=O) groups excluding carboxylic acids is 2. The number of hydrogen-bond acceptors (Lipinski definition) is 3. The lowest BCUT2D eigenvalue weighted by Gasteiger charge is -2.33. The molecule has 1 saturated heterocycles. The van der Waals surface area contributed by atoms with E-state index in [4.69, 9.17) is 0 Å². The highest BCUT2D eigenvalue weighted by Crippen LogP contribution is 2.32. The number of hydrogen-bond donors (Lipinski definition) is 0. The molecule has 1 unspecified atom stereocenters. The van der Waals surface area contributed by atoms with Crippen molar-refractivity contribution in [2.45, 2.75) is 38.6 Å². The molecule has 4 heteroatoms. The van der Waals surface area contributed by atoms with Crippen LogP contribution in [0.2, 0.25) is 0 Å². The number of carbonyl (C=O) groups is 2. The molecule has 2 heterocycles. The second-order valence-corrected chi connectivity index (χ2v) is 7.31. The first kappa shape index (κ1) is 17.5. The van der Waals surface area contributed by atoms with Crippen molar-refractivity contribution in [1.29, 1.82) is 0 Å². The summed E-state index contributed by atoms with van der Waals surface area (Å²) in [7, 11) is 0. The molecule has 2 aliphatic rings. The molecule has 1 atom stereocenters. The van der Waals surface area contributed by atoms with Crippen LogP contribution in [-0.4, -0.2) is 24.4 Å². The van der Waals surface area contributed by atoms with Gasteiger partial charge in [0.1, 0.15) is 0 Å². The van der Waals surface area contributed by atoms with Gasteiger partial charge in [-0.25, -0.2) is 4.90 Å². The summed E-state index contributed by atoms with van der Waals surface area (Å²) < 4.78 is 0. The molecule has 0 N–H and O–H groups in total. The summed E-state index contributed by atoms with van der Waals surface area (Å²) in [5.41, 5.74) is 3.58. The fourth-order valence-corrected chi connectivity index (χ4v) is 4.03. The molecule has 0 aliphatic carbocycles. The average Bonchev–Trinajstić information content (AvgIpc) is 2.85. The Hall–Kier alpha value is -2.88. The molecule has 2 aliphatic heterocycles. The number of nitrogens with zero attached hydrogens (tertiary/aromatic N) is 2. The molecular formula is C23H24N2O2. The summed E-state index contributed by atoms with van der Waals surface area (Å²) in [6.45, 7) is 2.97. The smallest absolute Gasteiger partial charge is 0.263 e. The van der Waals surface area contributed by atoms with Crippen molar-refractivity contribution >= 4 is 23.2 Å². The van der Waals surface area contributed by atoms with Gasteiger partial charge in [-0.15, -0.1) is 0 Å². The van der Waals surface area contributed by atoms with Crippen molar-refractivity contribution in [2.24, 2.45) is 0 Å². The molecule has 2 aromatic rings. The van der Waals surface area contributed by atoms with E-state index in [1.54, 1.807) is 18.2 Å². The van der Waals surface area contributed by atoms with Gasteiger partial charge in [-0.1, -0.05) is 48.7 Å². The van der Waals surface area contributed by atoms with Gasteiger partial charge in [-0.3, -0.25) is 9.59 Å². The van der Waals surface area contributed by atoms with Crippen molar-refractivity contribution in [3.05, 3.63) is 71.8 Å². The Morgan fingerprint density at radius 3 is 2.33 bits per heavy atom. The standard InChI is InChI=1S/C23H24N2O2/c1-17-11-13-18(14-12-17)24-15-7-3-6-10-21(24)20-16-22(26)25(23(20)27)19-8-4-2-5-9-19/h2,4-5,8-9,11-14,16,21H,3,6-7,10,15H2,1H3. The van der Waals surface area contributed by atoms with E-state index < -0.39 is 0 Å². The van der Waals surface area contributed by atoms with Crippen LogP contribution in [0, 0.1) is 6.92 Å². The van der Waals surface area contributed by atoms with Gasteiger partial charge in [0.15, 0.2) is 0 Å². The van der Waals surface area contributed by atoms with E-state index >= 15 is 0 Å². The summed E-state index contributed by atoms with van der Waals surface area (Å²) in [5.74, 6) is -0.426. The minimum absolute atomic E-state index is 0.0552. The molecule has 0 spiro atoms. The van der Waals surface area contributed by atoms with Gasteiger partial charge in [-0.2, -0.15) is 0 Å². The lowest BCUT2D eigenvalue weighted by molar-refractivity contribution is -0.120. The fourth-order valence-electron chi connectivity index (χ4n) is 4.03. The van der Waals surface area contributed by atoms with Crippen LogP contribution in [0.25, 0.3) is 0 Å². The van der Waals surface area contributed by atoms with E-state index in [2.05, 4.69) is 36.1 Å². The van der Waals surface area contributed by atoms with Gasteiger partial charge < -0.3 is 4.90 Å². The number of aryl methyl sites for hydroxylation is 1. The summed E-state index contributed by atoms with van der Waals surface area (Å²) >= 11 is 0. The molecule has 0 bridgehead atoms. The third-order valence-corrected chi connectivity index (χ3v) is 5.44. The third-order valence-electron chi connectivity index (χ3n) is 5.44. The molecule has 27 heavy (non-hydrogen) atoms. The third kappa shape index (κ3) is 3.39. The minimum Gasteiger partial charge on any atom is -0.364 e. The summed E-state index contributed by atoms with van der Waals surface area (Å²) in [6.07, 6.45) is 5.75. The molecule has 4 nitrogen and oxygen atoms in total. The largest absolute Gasteiger partial charge is 0.364 e. The lowest BCUT2D eigenvalue weighted by atomic mass is 10.00. The first-order valence-electron chi connectivity index (χ1n) is 9.63. The summed E-state index contributed by atoms with van der Waals surface area (Å²) in [4.78, 5) is 29.4. The summed E-state index contributed by atoms with van der Waals surface area (Å²) in [5, 5.41) is 0. The first-order valence-corrected chi connectivity index (χ1v) is 9.63. The van der Waals surface area contributed by atoms with Crippen LogP contribution >= 0.6 is 0 Å². The van der Waals surface area contributed by atoms with Crippen LogP contribution in [0.5, 0.6) is 0 Å². The zero-order valence-electron chi connectivity index (χ0n) is 15.6. The zero-order valence-corrected chi connectivity index (χ0v) is 15.6. The second-order valence-electron chi connectivity index (χ2n) is 7.31. The molecule has 2 amide bonds. The second kappa shape index (κ2) is 7.39. The maximum absolute atomic E-state index is 13.2. The van der Waals surface area contributed by atoms with Crippen LogP contribution in [0.3, 0.4) is 0 Å². The van der Waals surface area contributed by atoms with Crippen molar-refractivity contribution in [1.82, 2.24) is 0 Å². The maximum atomic E-state index is 13.2. The van der Waals surface area contributed by atoms with E-state index in [-0.39, 0.29) is 17.9 Å². The first-order chi connectivity index (χ1) is 13.1. The van der Waals surface area contributed by atoms with Gasteiger partial charge >= 0.3 is 0 Å². The maximum Gasteiger partial charge on any atom is 0.263 e. The van der Waals surface area contributed by atoms with Crippen LogP contribution < -0.4 is 9.80 Å². The zero-order chi connectivity index (χ0) is 18.8. The number of amides is 2. The van der Waals surface area contributed by atoms with Gasteiger partial charge in [0.05, 0.1) is 11.7 Å². The summed E-state index contributed by atoms with van der Waals surface area (Å²) in [6, 6.07) is 17.6. The molecular weight excluding hydrogens is 336 g/mol. The number of anilines is 2. The van der Waals surface area contributed by atoms with Crippen LogP contribution in [0.1, 0.15) is 31.2 Å². The van der Waals surface area contributed by atoms with Crippen LogP contribution in [0.15, 0.2) is 66.2 Å². The predicted molar refractivity (Wildman–Crippen MR) is 108 cm³/mol. The highest BCUT2D eigenvalue weighted by Gasteiger charge is 2.38. The molecule has 4 rings (SSSR count). The highest BCUT2D eigenvalue weighted by molar-refractivity contribution is 6.31. The Kier molecular flexibility index (Phi) is 4.80. The highest BCUT2D eigenvalue weighted by atomic mass is 16.2. The van der Waals surface area contributed by atoms with Crippen molar-refractivity contribution in [3.63, 3.8) is 0 Å². The molecule has 0 saturated carbocycles. The van der Waals surface area contributed by atoms with Gasteiger partial charge in [0.2, 0.25) is 0 Å². The van der Waals surface area contributed by atoms with E-state index in [0.29, 0.717) is 11.3 Å². The van der Waals surface area contributed by atoms with E-state index in [1.807, 2.05) is 18.2 Å². The van der Waals surface area contributed by atoms with Crippen molar-refractivity contribution in [2.75, 3.05) is 16.3 Å². The van der Waals surface area contributed by atoms with Crippen LogP contribution in [-0.2, 0) is 9.59 Å².